The predicted molar refractivity (Wildman–Crippen MR) is 103 cm³/mol. The number of amides is 1. The quantitative estimate of drug-likeness (QED) is 0.646. The third-order valence-electron chi connectivity index (χ3n) is 3.92. The van der Waals surface area contributed by atoms with Crippen LogP contribution in [0.25, 0.3) is 11.4 Å². The number of nitrogens with zero attached hydrogens (tertiary/aromatic N) is 5. The highest BCUT2D eigenvalue weighted by Gasteiger charge is 2.15. The maximum Gasteiger partial charge on any atom is 0.234 e. The molecule has 8 heteroatoms. The summed E-state index contributed by atoms with van der Waals surface area (Å²) in [6.07, 6.45) is 3.74. The molecule has 136 valence electrons. The van der Waals surface area contributed by atoms with E-state index >= 15 is 0 Å². The highest BCUT2D eigenvalue weighted by atomic mass is 32.2. The molecular weight excluding hydrogens is 348 g/mol. The molecule has 3 aromatic rings. The summed E-state index contributed by atoms with van der Waals surface area (Å²) >= 11 is 1.38. The van der Waals surface area contributed by atoms with Crippen molar-refractivity contribution in [3.05, 3.63) is 42.2 Å². The van der Waals surface area contributed by atoms with Gasteiger partial charge in [-0.15, -0.1) is 10.2 Å². The van der Waals surface area contributed by atoms with Gasteiger partial charge in [-0.1, -0.05) is 29.5 Å². The summed E-state index contributed by atoms with van der Waals surface area (Å²) in [6, 6.07) is 7.74. The van der Waals surface area contributed by atoms with E-state index in [9.17, 15) is 4.79 Å². The third-order valence-corrected chi connectivity index (χ3v) is 4.88. The highest BCUT2D eigenvalue weighted by molar-refractivity contribution is 7.99. The Hall–Kier alpha value is -2.61. The summed E-state index contributed by atoms with van der Waals surface area (Å²) in [4.78, 5) is 12.2. The molecule has 2 heterocycles. The Morgan fingerprint density at radius 1 is 1.15 bits per heavy atom. The first kappa shape index (κ1) is 18.2. The lowest BCUT2D eigenvalue weighted by Gasteiger charge is -2.07. The second-order valence-electron chi connectivity index (χ2n) is 5.84. The number of hydrogen-bond donors (Lipinski definition) is 1. The van der Waals surface area contributed by atoms with E-state index in [2.05, 4.69) is 20.6 Å². The molecule has 0 bridgehead atoms. The maximum absolute atomic E-state index is 12.2. The van der Waals surface area contributed by atoms with Crippen LogP contribution in [0.5, 0.6) is 0 Å². The van der Waals surface area contributed by atoms with Crippen LogP contribution in [-0.2, 0) is 17.9 Å². The first-order chi connectivity index (χ1) is 12.6. The van der Waals surface area contributed by atoms with Gasteiger partial charge in [0.1, 0.15) is 0 Å². The molecule has 1 N–H and O–H groups in total. The number of carbonyl (C=O) groups is 1. The van der Waals surface area contributed by atoms with Gasteiger partial charge in [-0.05, 0) is 32.9 Å². The fraction of sp³-hybridized carbons (Fsp3) is 0.333. The summed E-state index contributed by atoms with van der Waals surface area (Å²) in [5.74, 6) is 0.985. The average Bonchev–Trinajstić information content (AvgIpc) is 3.27. The zero-order valence-corrected chi connectivity index (χ0v) is 16.0. The molecule has 26 heavy (non-hydrogen) atoms. The van der Waals surface area contributed by atoms with E-state index in [1.165, 1.54) is 11.8 Å². The van der Waals surface area contributed by atoms with E-state index in [1.54, 1.807) is 6.20 Å². The molecule has 1 amide bonds. The molecule has 3 rings (SSSR count). The van der Waals surface area contributed by atoms with Crippen LogP contribution in [0.3, 0.4) is 0 Å². The minimum absolute atomic E-state index is 0.0649. The largest absolute Gasteiger partial charge is 0.325 e. The van der Waals surface area contributed by atoms with Gasteiger partial charge in [-0.3, -0.25) is 9.48 Å². The van der Waals surface area contributed by atoms with Gasteiger partial charge < -0.3 is 9.88 Å². The Kier molecular flexibility index (Phi) is 5.72. The molecular formula is C18H22N6OS. The SMILES string of the molecule is CCn1cc(-c2nnc(SCC(=O)Nc3ccc(C)cc3)n2CC)cn1. The predicted octanol–water partition coefficient (Wildman–Crippen LogP) is 3.22. The number of thioether (sulfide) groups is 1. The minimum Gasteiger partial charge on any atom is -0.325 e. The Labute approximate surface area is 156 Å². The van der Waals surface area contributed by atoms with E-state index in [1.807, 2.05) is 60.5 Å². The average molecular weight is 370 g/mol. The Morgan fingerprint density at radius 2 is 1.92 bits per heavy atom. The number of hydrogen-bond acceptors (Lipinski definition) is 5. The van der Waals surface area contributed by atoms with Gasteiger partial charge in [-0.25, -0.2) is 0 Å². The molecule has 0 saturated heterocycles. The monoisotopic (exact) mass is 370 g/mol. The number of rotatable bonds is 7. The van der Waals surface area contributed by atoms with Crippen molar-refractivity contribution < 1.29 is 4.79 Å². The molecule has 0 atom stereocenters. The summed E-state index contributed by atoms with van der Waals surface area (Å²) in [7, 11) is 0. The van der Waals surface area contributed by atoms with Crippen molar-refractivity contribution in [2.75, 3.05) is 11.1 Å². The standard InChI is InChI=1S/C18H22N6OS/c1-4-23-11-14(10-19-23)17-21-22-18(24(17)5-2)26-12-16(25)20-15-8-6-13(3)7-9-15/h6-11H,4-5,12H2,1-3H3,(H,20,25). The fourth-order valence-electron chi connectivity index (χ4n) is 2.51. The normalized spacial score (nSPS) is 10.9. The summed E-state index contributed by atoms with van der Waals surface area (Å²) in [5.41, 5.74) is 2.88. The first-order valence-electron chi connectivity index (χ1n) is 8.56. The van der Waals surface area contributed by atoms with Crippen molar-refractivity contribution in [2.24, 2.45) is 0 Å². The van der Waals surface area contributed by atoms with Gasteiger partial charge >= 0.3 is 0 Å². The van der Waals surface area contributed by atoms with Crippen molar-refractivity contribution in [2.45, 2.75) is 39.0 Å². The number of aryl methyl sites for hydroxylation is 2. The number of anilines is 1. The van der Waals surface area contributed by atoms with E-state index in [4.69, 9.17) is 0 Å². The Morgan fingerprint density at radius 3 is 2.58 bits per heavy atom. The van der Waals surface area contributed by atoms with Gasteiger partial charge in [0.15, 0.2) is 11.0 Å². The molecule has 0 fully saturated rings. The molecule has 0 aliphatic carbocycles. The summed E-state index contributed by atoms with van der Waals surface area (Å²) in [6.45, 7) is 7.62. The number of carbonyl (C=O) groups excluding carboxylic acids is 1. The van der Waals surface area contributed by atoms with E-state index in [-0.39, 0.29) is 11.7 Å². The van der Waals surface area contributed by atoms with E-state index in [0.717, 1.165) is 40.9 Å². The summed E-state index contributed by atoms with van der Waals surface area (Å²) in [5, 5.41) is 16.4. The lowest BCUT2D eigenvalue weighted by Crippen LogP contribution is -2.14. The number of benzene rings is 1. The van der Waals surface area contributed by atoms with Gasteiger partial charge in [0.25, 0.3) is 0 Å². The molecule has 7 nitrogen and oxygen atoms in total. The van der Waals surface area contributed by atoms with Crippen molar-refractivity contribution in [1.82, 2.24) is 24.5 Å². The molecule has 0 spiro atoms. The molecule has 2 aromatic heterocycles. The summed E-state index contributed by atoms with van der Waals surface area (Å²) < 4.78 is 3.85. The van der Waals surface area contributed by atoms with Crippen LogP contribution < -0.4 is 5.32 Å². The van der Waals surface area contributed by atoms with Crippen molar-refractivity contribution in [1.29, 1.82) is 0 Å². The van der Waals surface area contributed by atoms with Crippen LogP contribution in [0.4, 0.5) is 5.69 Å². The molecule has 0 aliphatic rings. The van der Waals surface area contributed by atoms with Crippen molar-refractivity contribution in [3.63, 3.8) is 0 Å². The van der Waals surface area contributed by atoms with Gasteiger partial charge in [-0.2, -0.15) is 5.10 Å². The molecule has 0 saturated carbocycles. The lowest BCUT2D eigenvalue weighted by atomic mass is 10.2. The van der Waals surface area contributed by atoms with Crippen LogP contribution in [0.1, 0.15) is 19.4 Å². The minimum atomic E-state index is -0.0649. The van der Waals surface area contributed by atoms with Crippen LogP contribution in [0.2, 0.25) is 0 Å². The molecule has 0 unspecified atom stereocenters. The fourth-order valence-corrected chi connectivity index (χ4v) is 3.31. The van der Waals surface area contributed by atoms with Crippen LogP contribution >= 0.6 is 11.8 Å². The van der Waals surface area contributed by atoms with Crippen molar-refractivity contribution in [3.8, 4) is 11.4 Å². The van der Waals surface area contributed by atoms with Crippen LogP contribution in [0, 0.1) is 6.92 Å². The van der Waals surface area contributed by atoms with Gasteiger partial charge in [0.2, 0.25) is 5.91 Å². The van der Waals surface area contributed by atoms with Crippen LogP contribution in [-0.4, -0.2) is 36.2 Å². The van der Waals surface area contributed by atoms with Gasteiger partial charge in [0, 0.05) is 25.0 Å². The zero-order chi connectivity index (χ0) is 18.5. The lowest BCUT2D eigenvalue weighted by molar-refractivity contribution is -0.113. The van der Waals surface area contributed by atoms with E-state index < -0.39 is 0 Å². The Balaban J connectivity index is 1.66. The second kappa shape index (κ2) is 8.18. The number of aromatic nitrogens is 5. The van der Waals surface area contributed by atoms with E-state index in [0.29, 0.717) is 0 Å². The molecule has 0 aliphatic heterocycles. The van der Waals surface area contributed by atoms with Crippen LogP contribution in [0.15, 0.2) is 41.8 Å². The maximum atomic E-state index is 12.2. The Bertz CT molecular complexity index is 883. The smallest absolute Gasteiger partial charge is 0.234 e. The first-order valence-corrected chi connectivity index (χ1v) is 9.54. The third kappa shape index (κ3) is 4.13. The zero-order valence-electron chi connectivity index (χ0n) is 15.1. The number of nitrogens with one attached hydrogen (secondary N) is 1. The molecule has 1 aromatic carbocycles. The topological polar surface area (TPSA) is 77.6 Å². The second-order valence-corrected chi connectivity index (χ2v) is 6.78. The van der Waals surface area contributed by atoms with Crippen molar-refractivity contribution >= 4 is 23.4 Å². The molecule has 0 radical (unpaired) electrons. The van der Waals surface area contributed by atoms with Gasteiger partial charge in [0.05, 0.1) is 17.5 Å². The highest BCUT2D eigenvalue weighted by Crippen LogP contribution is 2.23.